The van der Waals surface area contributed by atoms with Gasteiger partial charge in [-0.1, -0.05) is 30.2 Å². The van der Waals surface area contributed by atoms with E-state index in [1.54, 1.807) is 19.2 Å². The van der Waals surface area contributed by atoms with E-state index in [0.717, 1.165) is 27.6 Å². The van der Waals surface area contributed by atoms with Crippen LogP contribution in [0.1, 0.15) is 11.1 Å². The van der Waals surface area contributed by atoms with E-state index in [-0.39, 0.29) is 5.82 Å². The summed E-state index contributed by atoms with van der Waals surface area (Å²) in [5, 5.41) is 11.5. The van der Waals surface area contributed by atoms with Gasteiger partial charge in [0, 0.05) is 23.6 Å². The molecule has 0 aliphatic rings. The van der Waals surface area contributed by atoms with Crippen molar-refractivity contribution in [3.63, 3.8) is 0 Å². The van der Waals surface area contributed by atoms with Gasteiger partial charge in [0.2, 0.25) is 0 Å². The van der Waals surface area contributed by atoms with E-state index in [0.29, 0.717) is 12.0 Å². The topological polar surface area (TPSA) is 33.1 Å². The number of halogens is 1. The van der Waals surface area contributed by atoms with Crippen LogP contribution in [-0.4, -0.2) is 16.2 Å². The van der Waals surface area contributed by atoms with Crippen LogP contribution in [0.5, 0.6) is 0 Å². The van der Waals surface area contributed by atoms with Gasteiger partial charge in [-0.25, -0.2) is 4.39 Å². The van der Waals surface area contributed by atoms with Crippen LogP contribution in [-0.2, 0) is 6.42 Å². The minimum atomic E-state index is -0.782. The highest BCUT2D eigenvalue weighted by molar-refractivity contribution is 5.85. The Labute approximate surface area is 134 Å². The number of hydrogen-bond acceptors (Lipinski definition) is 2. The quantitative estimate of drug-likeness (QED) is 0.745. The van der Waals surface area contributed by atoms with Crippen LogP contribution in [0.3, 0.4) is 0 Å². The van der Waals surface area contributed by atoms with E-state index < -0.39 is 6.10 Å². The molecule has 0 bridgehead atoms. The zero-order valence-electron chi connectivity index (χ0n) is 12.8. The Morgan fingerprint density at radius 2 is 2.00 bits per heavy atom. The van der Waals surface area contributed by atoms with Gasteiger partial charge in [-0.2, -0.15) is 0 Å². The number of pyridine rings is 1. The molecule has 114 valence electrons. The summed E-state index contributed by atoms with van der Waals surface area (Å²) >= 11 is 0. The summed E-state index contributed by atoms with van der Waals surface area (Å²) < 4.78 is 13.7. The molecular weight excluding hydrogens is 289 g/mol. The van der Waals surface area contributed by atoms with Crippen molar-refractivity contribution in [2.75, 3.05) is 0 Å². The molecule has 1 heterocycles. The van der Waals surface area contributed by atoms with Gasteiger partial charge in [0.15, 0.2) is 0 Å². The van der Waals surface area contributed by atoms with E-state index >= 15 is 0 Å². The first kappa shape index (κ1) is 15.2. The van der Waals surface area contributed by atoms with E-state index in [9.17, 15) is 9.50 Å². The summed E-state index contributed by atoms with van der Waals surface area (Å²) in [5.74, 6) is 2.07. The molecule has 23 heavy (non-hydrogen) atoms. The molecule has 2 aromatic carbocycles. The lowest BCUT2D eigenvalue weighted by Gasteiger charge is -2.08. The lowest BCUT2D eigenvalue weighted by molar-refractivity contribution is 0.233. The molecule has 1 atom stereocenters. The molecule has 0 radical (unpaired) electrons. The molecule has 0 amide bonds. The normalized spacial score (nSPS) is 12.1. The fraction of sp³-hybridized carbons (Fsp3) is 0.150. The zero-order chi connectivity index (χ0) is 16.4. The average Bonchev–Trinajstić information content (AvgIpc) is 2.56. The van der Waals surface area contributed by atoms with Crippen molar-refractivity contribution in [3.8, 4) is 23.6 Å². The van der Waals surface area contributed by atoms with Gasteiger partial charge in [-0.15, -0.1) is 6.42 Å². The molecule has 0 saturated heterocycles. The average molecular weight is 305 g/mol. The van der Waals surface area contributed by atoms with E-state index in [2.05, 4.69) is 10.9 Å². The Kier molecular flexibility index (Phi) is 4.10. The monoisotopic (exact) mass is 305 g/mol. The number of aromatic nitrogens is 1. The highest BCUT2D eigenvalue weighted by Crippen LogP contribution is 2.24. The van der Waals surface area contributed by atoms with Crippen LogP contribution < -0.4 is 0 Å². The first-order chi connectivity index (χ1) is 11.1. The third kappa shape index (κ3) is 3.23. The molecule has 1 unspecified atom stereocenters. The Bertz CT molecular complexity index is 911. The Hall–Kier alpha value is -2.70. The summed E-state index contributed by atoms with van der Waals surface area (Å²) in [5.41, 5.74) is 3.06. The first-order valence-electron chi connectivity index (χ1n) is 7.36. The maximum Gasteiger partial charge on any atom is 0.126 e. The second kappa shape index (κ2) is 6.20. The van der Waals surface area contributed by atoms with Gasteiger partial charge >= 0.3 is 0 Å². The molecular formula is C20H16FNO. The van der Waals surface area contributed by atoms with Gasteiger partial charge < -0.3 is 5.11 Å². The van der Waals surface area contributed by atoms with Gasteiger partial charge in [0.25, 0.3) is 0 Å². The predicted molar refractivity (Wildman–Crippen MR) is 90.4 cm³/mol. The zero-order valence-corrected chi connectivity index (χ0v) is 12.8. The summed E-state index contributed by atoms with van der Waals surface area (Å²) in [7, 11) is 0. The van der Waals surface area contributed by atoms with Crippen molar-refractivity contribution in [1.29, 1.82) is 0 Å². The van der Waals surface area contributed by atoms with Gasteiger partial charge in [0.05, 0.1) is 5.69 Å². The third-order valence-electron chi connectivity index (χ3n) is 3.88. The SMILES string of the molecule is C#CC(O)Cc1ccc2cc(-c3ccc(C)c(F)c3)ncc2c1. The summed E-state index contributed by atoms with van der Waals surface area (Å²) in [6.45, 7) is 1.74. The fourth-order valence-corrected chi connectivity index (χ4v) is 2.51. The Morgan fingerprint density at radius 3 is 2.74 bits per heavy atom. The second-order valence-corrected chi connectivity index (χ2v) is 5.60. The molecule has 1 N–H and O–H groups in total. The van der Waals surface area contributed by atoms with Crippen molar-refractivity contribution in [3.05, 3.63) is 65.6 Å². The fourth-order valence-electron chi connectivity index (χ4n) is 2.51. The van der Waals surface area contributed by atoms with Gasteiger partial charge in [0.1, 0.15) is 11.9 Å². The van der Waals surface area contributed by atoms with Gasteiger partial charge in [-0.05, 0) is 41.6 Å². The lowest BCUT2D eigenvalue weighted by atomic mass is 10.0. The molecule has 2 nitrogen and oxygen atoms in total. The summed E-state index contributed by atoms with van der Waals surface area (Å²) in [4.78, 5) is 4.42. The standard InChI is InChI=1S/C20H16FNO/c1-3-18(23)9-14-5-7-15-11-20(22-12-17(15)8-14)16-6-4-13(2)19(21)10-16/h1,4-8,10-12,18,23H,9H2,2H3. The van der Waals surface area contributed by atoms with Crippen molar-refractivity contribution in [1.82, 2.24) is 4.98 Å². The minimum absolute atomic E-state index is 0.233. The predicted octanol–water partition coefficient (Wildman–Crippen LogP) is 3.89. The molecule has 0 fully saturated rings. The molecule has 0 saturated carbocycles. The van der Waals surface area contributed by atoms with E-state index in [4.69, 9.17) is 6.42 Å². The van der Waals surface area contributed by atoms with E-state index in [1.165, 1.54) is 6.07 Å². The maximum atomic E-state index is 13.7. The Morgan fingerprint density at radius 1 is 1.17 bits per heavy atom. The molecule has 3 heteroatoms. The highest BCUT2D eigenvalue weighted by atomic mass is 19.1. The van der Waals surface area contributed by atoms with Crippen molar-refractivity contribution in [2.24, 2.45) is 0 Å². The summed E-state index contributed by atoms with van der Waals surface area (Å²) in [6, 6.07) is 12.9. The van der Waals surface area contributed by atoms with Crippen LogP contribution >= 0.6 is 0 Å². The third-order valence-corrected chi connectivity index (χ3v) is 3.88. The molecule has 3 aromatic rings. The minimum Gasteiger partial charge on any atom is -0.380 e. The lowest BCUT2D eigenvalue weighted by Crippen LogP contribution is -2.06. The summed E-state index contributed by atoms with van der Waals surface area (Å²) in [6.07, 6.45) is 6.59. The number of rotatable bonds is 3. The van der Waals surface area contributed by atoms with Crippen LogP contribution in [0.15, 0.2) is 48.7 Å². The number of nitrogens with zero attached hydrogens (tertiary/aromatic N) is 1. The number of fused-ring (bicyclic) bond motifs is 1. The number of aliphatic hydroxyl groups excluding tert-OH is 1. The Balaban J connectivity index is 1.98. The van der Waals surface area contributed by atoms with Crippen LogP contribution in [0.25, 0.3) is 22.0 Å². The second-order valence-electron chi connectivity index (χ2n) is 5.60. The number of terminal acetylenes is 1. The molecule has 3 rings (SSSR count). The first-order valence-corrected chi connectivity index (χ1v) is 7.36. The number of hydrogen-bond donors (Lipinski definition) is 1. The van der Waals surface area contributed by atoms with E-state index in [1.807, 2.05) is 30.3 Å². The van der Waals surface area contributed by atoms with Crippen molar-refractivity contribution < 1.29 is 9.50 Å². The van der Waals surface area contributed by atoms with Crippen LogP contribution in [0.4, 0.5) is 4.39 Å². The largest absolute Gasteiger partial charge is 0.380 e. The van der Waals surface area contributed by atoms with Gasteiger partial charge in [-0.3, -0.25) is 4.98 Å². The molecule has 1 aromatic heterocycles. The smallest absolute Gasteiger partial charge is 0.126 e. The van der Waals surface area contributed by atoms with Crippen molar-refractivity contribution in [2.45, 2.75) is 19.4 Å². The van der Waals surface area contributed by atoms with Crippen LogP contribution in [0, 0.1) is 25.1 Å². The highest BCUT2D eigenvalue weighted by Gasteiger charge is 2.06. The molecule has 0 spiro atoms. The maximum absolute atomic E-state index is 13.7. The number of aryl methyl sites for hydroxylation is 1. The van der Waals surface area contributed by atoms with Crippen LogP contribution in [0.2, 0.25) is 0 Å². The number of benzene rings is 2. The number of aliphatic hydroxyl groups is 1. The molecule has 0 aliphatic carbocycles. The molecule has 0 aliphatic heterocycles. The van der Waals surface area contributed by atoms with Crippen molar-refractivity contribution >= 4 is 10.8 Å².